The van der Waals surface area contributed by atoms with Crippen molar-refractivity contribution in [1.29, 1.82) is 0 Å². The van der Waals surface area contributed by atoms with E-state index in [4.69, 9.17) is 4.98 Å². The number of aromatic nitrogens is 3. The summed E-state index contributed by atoms with van der Waals surface area (Å²) in [5.41, 5.74) is 5.54. The van der Waals surface area contributed by atoms with Crippen LogP contribution in [0.1, 0.15) is 65.8 Å². The van der Waals surface area contributed by atoms with Crippen molar-refractivity contribution >= 4 is 22.6 Å². The van der Waals surface area contributed by atoms with Gasteiger partial charge in [0.25, 0.3) is 5.91 Å². The van der Waals surface area contributed by atoms with E-state index >= 15 is 0 Å². The maximum atomic E-state index is 13.0. The quantitative estimate of drug-likeness (QED) is 0.739. The van der Waals surface area contributed by atoms with Crippen molar-refractivity contribution in [1.82, 2.24) is 14.8 Å². The van der Waals surface area contributed by atoms with E-state index in [-0.39, 0.29) is 11.9 Å². The number of benzene rings is 1. The van der Waals surface area contributed by atoms with E-state index in [1.165, 1.54) is 0 Å². The van der Waals surface area contributed by atoms with Gasteiger partial charge in [-0.25, -0.2) is 9.67 Å². The molecule has 0 saturated heterocycles. The number of hydrogen-bond donors (Lipinski definition) is 1. The Bertz CT molecular complexity index is 978. The molecular weight excluding hydrogens is 324 g/mol. The van der Waals surface area contributed by atoms with Gasteiger partial charge in [0, 0.05) is 23.3 Å². The number of nitrogens with zero attached hydrogens (tertiary/aromatic N) is 3. The molecule has 5 nitrogen and oxygen atoms in total. The molecule has 0 radical (unpaired) electrons. The van der Waals surface area contributed by atoms with E-state index in [2.05, 4.69) is 30.3 Å². The average Bonchev–Trinajstić information content (AvgIpc) is 3.31. The summed E-state index contributed by atoms with van der Waals surface area (Å²) in [5.74, 6) is 0.371. The summed E-state index contributed by atoms with van der Waals surface area (Å²) in [6, 6.07) is 8.22. The Morgan fingerprint density at radius 1 is 1.15 bits per heavy atom. The van der Waals surface area contributed by atoms with Gasteiger partial charge in [0.1, 0.15) is 0 Å². The number of carbonyl (C=O) groups excluding carboxylic acids is 1. The average molecular weight is 348 g/mol. The predicted octanol–water partition coefficient (Wildman–Crippen LogP) is 4.76. The third kappa shape index (κ3) is 3.09. The van der Waals surface area contributed by atoms with Crippen LogP contribution in [0.2, 0.25) is 0 Å². The number of hydrogen-bond acceptors (Lipinski definition) is 3. The van der Waals surface area contributed by atoms with Gasteiger partial charge in [-0.15, -0.1) is 0 Å². The summed E-state index contributed by atoms with van der Waals surface area (Å²) in [6.07, 6.45) is 4.05. The molecule has 2 heterocycles. The van der Waals surface area contributed by atoms with E-state index < -0.39 is 0 Å². The molecule has 0 atom stereocenters. The zero-order valence-electron chi connectivity index (χ0n) is 15.7. The van der Waals surface area contributed by atoms with Crippen molar-refractivity contribution in [3.8, 4) is 0 Å². The van der Waals surface area contributed by atoms with Gasteiger partial charge in [0.15, 0.2) is 5.65 Å². The molecule has 4 rings (SSSR count). The Balaban J connectivity index is 1.78. The number of amides is 1. The summed E-state index contributed by atoms with van der Waals surface area (Å²) in [7, 11) is 0. The standard InChI is InChI=1S/C21H24N4O/c1-12(2)25-20-18(11-22-25)17(10-19(24-20)15-5-6-15)21(26)23-16-8-13(3)7-14(4)9-16/h7-12,15H,5-6H2,1-4H3,(H,23,26). The SMILES string of the molecule is Cc1cc(C)cc(NC(=O)c2cc(C3CC3)nc3c2cnn3C(C)C)c1. The second-order valence-corrected chi connectivity index (χ2v) is 7.62. The maximum Gasteiger partial charge on any atom is 0.256 e. The van der Waals surface area contributed by atoms with Crippen molar-refractivity contribution < 1.29 is 4.79 Å². The first-order valence-corrected chi connectivity index (χ1v) is 9.20. The minimum atomic E-state index is -0.104. The van der Waals surface area contributed by atoms with Crippen molar-refractivity contribution in [3.63, 3.8) is 0 Å². The summed E-state index contributed by atoms with van der Waals surface area (Å²) >= 11 is 0. The number of anilines is 1. The van der Waals surface area contributed by atoms with Crippen LogP contribution in [-0.4, -0.2) is 20.7 Å². The van der Waals surface area contributed by atoms with Crippen LogP contribution in [0.3, 0.4) is 0 Å². The molecule has 1 amide bonds. The normalized spacial score (nSPS) is 14.2. The Morgan fingerprint density at radius 3 is 2.46 bits per heavy atom. The molecule has 0 aliphatic heterocycles. The molecule has 5 heteroatoms. The summed E-state index contributed by atoms with van der Waals surface area (Å²) in [6.45, 7) is 8.22. The second kappa shape index (κ2) is 6.24. The molecule has 1 aliphatic rings. The largest absolute Gasteiger partial charge is 0.322 e. The van der Waals surface area contributed by atoms with E-state index in [9.17, 15) is 4.79 Å². The van der Waals surface area contributed by atoms with E-state index in [0.29, 0.717) is 11.5 Å². The highest BCUT2D eigenvalue weighted by Crippen LogP contribution is 2.40. The molecule has 2 aromatic heterocycles. The third-order valence-corrected chi connectivity index (χ3v) is 4.80. The van der Waals surface area contributed by atoms with Crippen LogP contribution in [-0.2, 0) is 0 Å². The Hall–Kier alpha value is -2.69. The van der Waals surface area contributed by atoms with Gasteiger partial charge in [-0.05, 0) is 69.9 Å². The lowest BCUT2D eigenvalue weighted by molar-refractivity contribution is 0.102. The molecule has 1 aliphatic carbocycles. The lowest BCUT2D eigenvalue weighted by atomic mass is 10.1. The van der Waals surface area contributed by atoms with E-state index in [1.807, 2.05) is 36.7 Å². The van der Waals surface area contributed by atoms with Gasteiger partial charge in [0.05, 0.1) is 17.1 Å². The molecule has 1 aromatic carbocycles. The number of pyridine rings is 1. The fourth-order valence-corrected chi connectivity index (χ4v) is 3.44. The van der Waals surface area contributed by atoms with Gasteiger partial charge in [-0.2, -0.15) is 5.10 Å². The molecule has 0 spiro atoms. The number of fused-ring (bicyclic) bond motifs is 1. The number of aryl methyl sites for hydroxylation is 2. The van der Waals surface area contributed by atoms with Gasteiger partial charge >= 0.3 is 0 Å². The van der Waals surface area contributed by atoms with Gasteiger partial charge in [-0.1, -0.05) is 6.07 Å². The summed E-state index contributed by atoms with van der Waals surface area (Å²) in [5, 5.41) is 8.33. The Morgan fingerprint density at radius 2 is 1.85 bits per heavy atom. The van der Waals surface area contributed by atoms with Gasteiger partial charge in [0.2, 0.25) is 0 Å². The first-order chi connectivity index (χ1) is 12.4. The molecule has 1 fully saturated rings. The smallest absolute Gasteiger partial charge is 0.256 e. The zero-order chi connectivity index (χ0) is 18.4. The minimum absolute atomic E-state index is 0.104. The highest BCUT2D eigenvalue weighted by molar-refractivity contribution is 6.12. The molecule has 3 aromatic rings. The molecule has 134 valence electrons. The fourth-order valence-electron chi connectivity index (χ4n) is 3.44. The monoisotopic (exact) mass is 348 g/mol. The second-order valence-electron chi connectivity index (χ2n) is 7.62. The van der Waals surface area contributed by atoms with Crippen molar-refractivity contribution in [2.45, 2.75) is 52.5 Å². The maximum absolute atomic E-state index is 13.0. The molecule has 1 N–H and O–H groups in total. The van der Waals surface area contributed by atoms with Crippen LogP contribution in [0.4, 0.5) is 5.69 Å². The van der Waals surface area contributed by atoms with Crippen LogP contribution in [0.15, 0.2) is 30.5 Å². The number of carbonyl (C=O) groups is 1. The minimum Gasteiger partial charge on any atom is -0.322 e. The van der Waals surface area contributed by atoms with Crippen molar-refractivity contribution in [2.75, 3.05) is 5.32 Å². The lowest BCUT2D eigenvalue weighted by Crippen LogP contribution is -2.14. The number of nitrogens with one attached hydrogen (secondary N) is 1. The van der Waals surface area contributed by atoms with Crippen LogP contribution in [0.25, 0.3) is 11.0 Å². The first-order valence-electron chi connectivity index (χ1n) is 9.20. The van der Waals surface area contributed by atoms with E-state index in [0.717, 1.165) is 46.4 Å². The molecule has 0 unspecified atom stereocenters. The van der Waals surface area contributed by atoms with Crippen LogP contribution in [0, 0.1) is 13.8 Å². The molecule has 0 bridgehead atoms. The third-order valence-electron chi connectivity index (χ3n) is 4.80. The summed E-state index contributed by atoms with van der Waals surface area (Å²) < 4.78 is 1.90. The Labute approximate surface area is 153 Å². The highest BCUT2D eigenvalue weighted by Gasteiger charge is 2.28. The van der Waals surface area contributed by atoms with Crippen LogP contribution < -0.4 is 5.32 Å². The predicted molar refractivity (Wildman–Crippen MR) is 104 cm³/mol. The highest BCUT2D eigenvalue weighted by atomic mass is 16.1. The van der Waals surface area contributed by atoms with E-state index in [1.54, 1.807) is 6.20 Å². The molecular formula is C21H24N4O. The fraction of sp³-hybridized carbons (Fsp3) is 0.381. The molecule has 26 heavy (non-hydrogen) atoms. The van der Waals surface area contributed by atoms with Crippen LogP contribution >= 0.6 is 0 Å². The van der Waals surface area contributed by atoms with Crippen molar-refractivity contribution in [2.24, 2.45) is 0 Å². The van der Waals surface area contributed by atoms with Gasteiger partial charge in [-0.3, -0.25) is 4.79 Å². The molecule has 1 saturated carbocycles. The lowest BCUT2D eigenvalue weighted by Gasteiger charge is -2.11. The number of rotatable bonds is 4. The van der Waals surface area contributed by atoms with Gasteiger partial charge < -0.3 is 5.32 Å². The first kappa shape index (κ1) is 16.8. The van der Waals surface area contributed by atoms with Crippen molar-refractivity contribution in [3.05, 3.63) is 52.8 Å². The Kier molecular flexibility index (Phi) is 4.02. The topological polar surface area (TPSA) is 59.8 Å². The van der Waals surface area contributed by atoms with Crippen LogP contribution in [0.5, 0.6) is 0 Å². The zero-order valence-corrected chi connectivity index (χ0v) is 15.7. The summed E-state index contributed by atoms with van der Waals surface area (Å²) in [4.78, 5) is 17.9.